The number of alkyl halides is 9. The molecular weight excluding hydrogens is 614 g/mol. The maximum atomic E-state index is 15.0. The summed E-state index contributed by atoms with van der Waals surface area (Å²) in [5.41, 5.74) is 0.111. The summed E-state index contributed by atoms with van der Waals surface area (Å²) < 4.78 is 92.7. The molecule has 2 atom stereocenters. The molecule has 0 saturated carbocycles. The second kappa shape index (κ2) is 11.6. The average Bonchev–Trinajstić information content (AvgIpc) is 3.19. The van der Waals surface area contributed by atoms with Crippen LogP contribution in [-0.4, -0.2) is 90.5 Å². The third kappa shape index (κ3) is 7.83. The Labute approximate surface area is 231 Å². The molecule has 39 heavy (non-hydrogen) atoms. The van der Waals surface area contributed by atoms with Crippen molar-refractivity contribution >= 4 is 64.1 Å². The summed E-state index contributed by atoms with van der Waals surface area (Å²) in [6, 6.07) is 3.67. The summed E-state index contributed by atoms with van der Waals surface area (Å²) in [6.07, 6.45) is -14.0. The molecule has 3 rings (SSSR count). The van der Waals surface area contributed by atoms with Crippen LogP contribution in [0.3, 0.4) is 0 Å². The molecule has 2 aliphatic heterocycles. The largest absolute Gasteiger partial charge is 0.471 e. The van der Waals surface area contributed by atoms with Crippen molar-refractivity contribution in [3.63, 3.8) is 0 Å². The van der Waals surface area contributed by atoms with Gasteiger partial charge in [-0.1, -0.05) is 34.8 Å². The van der Waals surface area contributed by atoms with E-state index >= 15 is 0 Å². The number of cyclic esters (lactones) is 1. The van der Waals surface area contributed by atoms with Crippen LogP contribution in [0, 0.1) is 5.82 Å². The number of benzene rings is 1. The van der Waals surface area contributed by atoms with Gasteiger partial charge in [0.25, 0.3) is 0 Å². The lowest BCUT2D eigenvalue weighted by Gasteiger charge is -2.42. The first kappa shape index (κ1) is 31.1. The maximum absolute atomic E-state index is 15.0. The van der Waals surface area contributed by atoms with Crippen molar-refractivity contribution in [1.29, 1.82) is 0 Å². The summed E-state index contributed by atoms with van der Waals surface area (Å²) in [7, 11) is 0. The fraction of sp³-hybridized carbons (Fsp3) is 0.550. The number of hydrogen-bond acceptors (Lipinski definition) is 6. The van der Waals surface area contributed by atoms with Crippen LogP contribution in [0.5, 0.6) is 0 Å². The van der Waals surface area contributed by atoms with E-state index in [-0.39, 0.29) is 44.1 Å². The van der Waals surface area contributed by atoms with Gasteiger partial charge in [0, 0.05) is 26.2 Å². The van der Waals surface area contributed by atoms with E-state index in [0.717, 1.165) is 11.0 Å². The highest BCUT2D eigenvalue weighted by molar-refractivity contribution is 6.68. The highest BCUT2D eigenvalue weighted by Gasteiger charge is 2.46. The van der Waals surface area contributed by atoms with Gasteiger partial charge in [0.2, 0.25) is 3.79 Å². The summed E-state index contributed by atoms with van der Waals surface area (Å²) in [4.78, 5) is 38.3. The Morgan fingerprint density at radius 1 is 1.00 bits per heavy atom. The van der Waals surface area contributed by atoms with E-state index in [1.54, 1.807) is 10.6 Å². The number of halogens is 10. The predicted octanol–water partition coefficient (Wildman–Crippen LogP) is 3.33. The lowest BCUT2D eigenvalue weighted by Crippen LogP contribution is -2.62. The maximum Gasteiger partial charge on any atom is 0.471 e. The average molecular weight is 633 g/mol. The second-order valence-electron chi connectivity index (χ2n) is 8.40. The minimum Gasteiger partial charge on any atom is -0.442 e. The molecular formula is C20H19Cl3F7N5O4. The molecule has 2 saturated heterocycles. The normalized spacial score (nSPS) is 20.1. The fourth-order valence-corrected chi connectivity index (χ4v) is 4.45. The minimum absolute atomic E-state index is 0.0261. The summed E-state index contributed by atoms with van der Waals surface area (Å²) in [5, 5.41) is 3.25. The van der Waals surface area contributed by atoms with Crippen molar-refractivity contribution in [1.82, 2.24) is 15.5 Å². The van der Waals surface area contributed by atoms with Crippen molar-refractivity contribution < 1.29 is 49.9 Å². The molecule has 0 aliphatic carbocycles. The molecule has 2 fully saturated rings. The summed E-state index contributed by atoms with van der Waals surface area (Å²) in [5.74, 6) is -5.28. The Morgan fingerprint density at radius 2 is 1.59 bits per heavy atom. The van der Waals surface area contributed by atoms with Gasteiger partial charge in [0.15, 0.2) is 0 Å². The number of hydrogen-bond donors (Lipinski definition) is 2. The number of carbonyl (C=O) groups is 3. The lowest BCUT2D eigenvalue weighted by atomic mass is 10.2. The van der Waals surface area contributed by atoms with Crippen LogP contribution in [0.1, 0.15) is 0 Å². The van der Waals surface area contributed by atoms with Gasteiger partial charge in [-0.3, -0.25) is 19.4 Å². The van der Waals surface area contributed by atoms with E-state index in [0.29, 0.717) is 0 Å². The molecule has 0 bridgehead atoms. The molecule has 2 N–H and O–H groups in total. The predicted molar refractivity (Wildman–Crippen MR) is 125 cm³/mol. The zero-order chi connectivity index (χ0) is 29.3. The van der Waals surface area contributed by atoms with Crippen molar-refractivity contribution in [2.24, 2.45) is 0 Å². The Balaban J connectivity index is 1.62. The number of piperazine rings is 1. The molecule has 19 heteroatoms. The summed E-state index contributed by atoms with van der Waals surface area (Å²) in [6.45, 7) is -0.797. The third-order valence-electron chi connectivity index (χ3n) is 5.72. The molecule has 1 aromatic rings. The smallest absolute Gasteiger partial charge is 0.442 e. The van der Waals surface area contributed by atoms with E-state index in [2.05, 4.69) is 0 Å². The molecule has 1 unspecified atom stereocenters. The summed E-state index contributed by atoms with van der Waals surface area (Å²) >= 11 is 17.3. The number of anilines is 2. The Kier molecular flexibility index (Phi) is 9.24. The fourth-order valence-electron chi connectivity index (χ4n) is 3.87. The van der Waals surface area contributed by atoms with Gasteiger partial charge in [0.1, 0.15) is 18.1 Å². The van der Waals surface area contributed by atoms with E-state index in [1.807, 2.05) is 0 Å². The Morgan fingerprint density at radius 3 is 2.10 bits per heavy atom. The van der Waals surface area contributed by atoms with Crippen LogP contribution in [0.25, 0.3) is 0 Å². The molecule has 0 radical (unpaired) electrons. The molecule has 2 aliphatic rings. The van der Waals surface area contributed by atoms with Crippen molar-refractivity contribution in [3.8, 4) is 0 Å². The molecule has 2 heterocycles. The van der Waals surface area contributed by atoms with Crippen molar-refractivity contribution in [2.45, 2.75) is 28.4 Å². The highest BCUT2D eigenvalue weighted by Crippen LogP contribution is 2.34. The monoisotopic (exact) mass is 631 g/mol. The second-order valence-corrected chi connectivity index (χ2v) is 10.8. The Hall–Kier alpha value is -2.43. The van der Waals surface area contributed by atoms with Crippen molar-refractivity contribution in [2.75, 3.05) is 49.1 Å². The quantitative estimate of drug-likeness (QED) is 0.370. The topological polar surface area (TPSA) is 94.2 Å². The zero-order valence-electron chi connectivity index (χ0n) is 19.4. The van der Waals surface area contributed by atoms with E-state index in [9.17, 15) is 45.1 Å². The van der Waals surface area contributed by atoms with Crippen LogP contribution >= 0.6 is 34.8 Å². The molecule has 0 spiro atoms. The molecule has 3 amide bonds. The highest BCUT2D eigenvalue weighted by atomic mass is 35.6. The standard InChI is InChI=1S/C20H19Cl3F7N5O4/c21-18(22,23)14(32-16(37)20(28,29)30)34-5-3-33(4-6-34)13-2-1-10(7-12(13)24)35-9-11(39-17(35)38)8-31-15(36)19(25,26)27/h1-2,7,11,14H,3-6,8-9H2,(H,31,36)(H,32,37)/t11-,14?/m0/s1. The van der Waals surface area contributed by atoms with E-state index in [1.165, 1.54) is 21.9 Å². The number of rotatable bonds is 6. The zero-order valence-corrected chi connectivity index (χ0v) is 21.7. The molecule has 1 aromatic carbocycles. The lowest BCUT2D eigenvalue weighted by molar-refractivity contribution is -0.175. The van der Waals surface area contributed by atoms with Gasteiger partial charge in [-0.25, -0.2) is 9.18 Å². The van der Waals surface area contributed by atoms with Gasteiger partial charge >= 0.3 is 30.3 Å². The number of nitrogens with one attached hydrogen (secondary N) is 2. The van der Waals surface area contributed by atoms with Crippen LogP contribution in [-0.2, 0) is 14.3 Å². The van der Waals surface area contributed by atoms with Gasteiger partial charge in [-0.15, -0.1) is 0 Å². The van der Waals surface area contributed by atoms with Gasteiger partial charge < -0.3 is 20.3 Å². The van der Waals surface area contributed by atoms with Crippen molar-refractivity contribution in [3.05, 3.63) is 24.0 Å². The number of carbonyl (C=O) groups excluding carboxylic acids is 3. The third-order valence-corrected chi connectivity index (χ3v) is 6.34. The molecule has 9 nitrogen and oxygen atoms in total. The van der Waals surface area contributed by atoms with Gasteiger partial charge in [-0.05, 0) is 18.2 Å². The van der Waals surface area contributed by atoms with Crippen LogP contribution in [0.15, 0.2) is 18.2 Å². The van der Waals surface area contributed by atoms with Gasteiger partial charge in [0.05, 0.1) is 24.5 Å². The first-order valence-electron chi connectivity index (χ1n) is 10.9. The number of nitrogens with zero attached hydrogens (tertiary/aromatic N) is 3. The van der Waals surface area contributed by atoms with E-state index < -0.39 is 58.7 Å². The number of amides is 3. The minimum atomic E-state index is -5.21. The first-order valence-corrected chi connectivity index (χ1v) is 12.1. The van der Waals surface area contributed by atoms with E-state index in [4.69, 9.17) is 39.5 Å². The van der Waals surface area contributed by atoms with Gasteiger partial charge in [-0.2, -0.15) is 26.3 Å². The van der Waals surface area contributed by atoms with Crippen LogP contribution in [0.4, 0.5) is 46.9 Å². The van der Waals surface area contributed by atoms with Crippen LogP contribution < -0.4 is 20.4 Å². The molecule has 218 valence electrons. The first-order chi connectivity index (χ1) is 17.9. The SMILES string of the molecule is O=C1O[C@@H](CNC(=O)C(F)(F)F)CN1c1ccc(N2CCN(C(NC(=O)C(F)(F)F)C(Cl)(Cl)Cl)CC2)c(F)c1. The van der Waals surface area contributed by atoms with Crippen LogP contribution in [0.2, 0.25) is 0 Å². The Bertz CT molecular complexity index is 1090. The molecule has 0 aromatic heterocycles. The number of ether oxygens (including phenoxy) is 1.